The Morgan fingerprint density at radius 1 is 1.47 bits per heavy atom. The molecule has 0 amide bonds. The van der Waals surface area contributed by atoms with Crippen LogP contribution >= 0.6 is 0 Å². The number of hydrogen-bond acceptors (Lipinski definition) is 3. The molecule has 1 aliphatic rings. The van der Waals surface area contributed by atoms with Crippen LogP contribution in [0.4, 0.5) is 0 Å². The topological polar surface area (TPSA) is 53.8 Å². The van der Waals surface area contributed by atoms with Crippen molar-refractivity contribution in [2.75, 3.05) is 5.75 Å². The smallest absolute Gasteiger partial charge is 0.0747 e. The van der Waals surface area contributed by atoms with E-state index in [1.165, 1.54) is 0 Å². The minimum Gasteiger partial charge on any atom is -0.259 e. The van der Waals surface area contributed by atoms with Gasteiger partial charge in [0.25, 0.3) is 0 Å². The van der Waals surface area contributed by atoms with E-state index in [9.17, 15) is 4.21 Å². The Labute approximate surface area is 90.9 Å². The van der Waals surface area contributed by atoms with Crippen molar-refractivity contribution in [1.29, 1.82) is 4.78 Å². The molecule has 1 unspecified atom stereocenters. The van der Waals surface area contributed by atoms with Crippen LogP contribution in [0.1, 0.15) is 32.0 Å². The van der Waals surface area contributed by atoms with Crippen molar-refractivity contribution < 1.29 is 4.21 Å². The van der Waals surface area contributed by atoms with Gasteiger partial charge in [-0.2, -0.15) is 0 Å². The number of pyridine rings is 1. The quantitative estimate of drug-likeness (QED) is 0.735. The lowest BCUT2D eigenvalue weighted by molar-refractivity contribution is 0.566. The predicted octanol–water partition coefficient (Wildman–Crippen LogP) is 2.34. The van der Waals surface area contributed by atoms with E-state index in [2.05, 4.69) is 25.8 Å². The van der Waals surface area contributed by atoms with Crippen LogP contribution in [-0.4, -0.2) is 14.9 Å². The summed E-state index contributed by atoms with van der Waals surface area (Å²) in [7, 11) is -2.53. The number of aryl methyl sites for hydroxylation is 1. The van der Waals surface area contributed by atoms with E-state index >= 15 is 0 Å². The van der Waals surface area contributed by atoms with Crippen molar-refractivity contribution in [1.82, 2.24) is 4.98 Å². The molecule has 3 nitrogen and oxygen atoms in total. The lowest BCUT2D eigenvalue weighted by Crippen LogP contribution is -2.14. The van der Waals surface area contributed by atoms with Gasteiger partial charge in [0.1, 0.15) is 0 Å². The zero-order valence-electron chi connectivity index (χ0n) is 9.33. The van der Waals surface area contributed by atoms with E-state index in [0.717, 1.165) is 17.7 Å². The number of nitrogens with one attached hydrogen (secondary N) is 1. The highest BCUT2D eigenvalue weighted by molar-refractivity contribution is 7.92. The molecule has 0 fully saturated rings. The molecule has 2 rings (SSSR count). The van der Waals surface area contributed by atoms with Gasteiger partial charge < -0.3 is 0 Å². The highest BCUT2D eigenvalue weighted by atomic mass is 32.2. The Morgan fingerprint density at radius 2 is 2.13 bits per heavy atom. The van der Waals surface area contributed by atoms with Crippen LogP contribution in [0.25, 0.3) is 0 Å². The van der Waals surface area contributed by atoms with Crippen molar-refractivity contribution in [3.05, 3.63) is 23.5 Å². The lowest BCUT2D eigenvalue weighted by Gasteiger charge is -2.18. The minimum absolute atomic E-state index is 0.0144. The minimum atomic E-state index is -2.53. The van der Waals surface area contributed by atoms with Gasteiger partial charge >= 0.3 is 0 Å². The van der Waals surface area contributed by atoms with E-state index in [1.807, 2.05) is 6.07 Å². The SMILES string of the molecule is CC(C)(C)c1cc2c(cn1)S(=N)(=O)CC2. The first-order chi connectivity index (χ1) is 6.81. The molecule has 82 valence electrons. The fraction of sp³-hybridized carbons (Fsp3) is 0.545. The van der Waals surface area contributed by atoms with Crippen LogP contribution in [0, 0.1) is 4.78 Å². The summed E-state index contributed by atoms with van der Waals surface area (Å²) in [5, 5.41) is 0. The van der Waals surface area contributed by atoms with Gasteiger partial charge in [-0.1, -0.05) is 20.8 Å². The second kappa shape index (κ2) is 3.04. The number of aromatic nitrogens is 1. The third-order valence-corrected chi connectivity index (χ3v) is 4.59. The van der Waals surface area contributed by atoms with Crippen molar-refractivity contribution >= 4 is 9.73 Å². The summed E-state index contributed by atoms with van der Waals surface area (Å²) in [5.74, 6) is 0.456. The first-order valence-corrected chi connectivity index (χ1v) is 6.79. The van der Waals surface area contributed by atoms with Crippen LogP contribution in [-0.2, 0) is 21.6 Å². The van der Waals surface area contributed by atoms with Gasteiger partial charge in [0.15, 0.2) is 0 Å². The number of rotatable bonds is 0. The van der Waals surface area contributed by atoms with Crippen LogP contribution < -0.4 is 0 Å². The van der Waals surface area contributed by atoms with E-state index in [1.54, 1.807) is 6.20 Å². The first-order valence-electron chi connectivity index (χ1n) is 5.06. The Morgan fingerprint density at radius 3 is 2.73 bits per heavy atom. The summed E-state index contributed by atoms with van der Waals surface area (Å²) in [6.45, 7) is 6.32. The molecule has 1 atom stereocenters. The molecule has 0 saturated heterocycles. The Balaban J connectivity index is 2.56. The Bertz CT molecular complexity index is 498. The highest BCUT2D eigenvalue weighted by Gasteiger charge is 2.25. The molecule has 1 N–H and O–H groups in total. The molecular formula is C11H16N2OS. The normalized spacial score (nSPS) is 25.3. The lowest BCUT2D eigenvalue weighted by atomic mass is 9.90. The van der Waals surface area contributed by atoms with Gasteiger partial charge in [0.05, 0.1) is 14.6 Å². The Kier molecular flexibility index (Phi) is 2.15. The van der Waals surface area contributed by atoms with E-state index in [0.29, 0.717) is 10.6 Å². The van der Waals surface area contributed by atoms with Crippen molar-refractivity contribution in [2.45, 2.75) is 37.5 Å². The maximum atomic E-state index is 11.8. The number of nitrogens with zero attached hydrogens (tertiary/aromatic N) is 1. The molecule has 1 aromatic heterocycles. The largest absolute Gasteiger partial charge is 0.259 e. The molecule has 2 heterocycles. The number of fused-ring (bicyclic) bond motifs is 1. The monoisotopic (exact) mass is 224 g/mol. The molecule has 0 aromatic carbocycles. The second-order valence-electron chi connectivity index (χ2n) is 5.06. The summed E-state index contributed by atoms with van der Waals surface area (Å²) >= 11 is 0. The van der Waals surface area contributed by atoms with Crippen molar-refractivity contribution in [3.8, 4) is 0 Å². The third kappa shape index (κ3) is 1.78. The maximum Gasteiger partial charge on any atom is 0.0747 e. The van der Waals surface area contributed by atoms with Crippen molar-refractivity contribution in [2.24, 2.45) is 0 Å². The van der Waals surface area contributed by atoms with Crippen LogP contribution in [0.15, 0.2) is 17.2 Å². The average Bonchev–Trinajstić information content (AvgIpc) is 2.41. The molecule has 0 radical (unpaired) electrons. The van der Waals surface area contributed by atoms with Crippen molar-refractivity contribution in [3.63, 3.8) is 0 Å². The highest BCUT2D eigenvalue weighted by Crippen LogP contribution is 2.29. The molecule has 1 aromatic rings. The summed E-state index contributed by atoms with van der Waals surface area (Å²) < 4.78 is 19.5. The second-order valence-corrected chi connectivity index (χ2v) is 7.26. The number of hydrogen-bond donors (Lipinski definition) is 1. The predicted molar refractivity (Wildman–Crippen MR) is 60.6 cm³/mol. The average molecular weight is 224 g/mol. The third-order valence-electron chi connectivity index (χ3n) is 2.73. The van der Waals surface area contributed by atoms with Gasteiger partial charge in [0, 0.05) is 23.1 Å². The molecule has 0 aliphatic carbocycles. The molecule has 0 spiro atoms. The van der Waals surface area contributed by atoms with E-state index < -0.39 is 9.73 Å². The van der Waals surface area contributed by atoms with Gasteiger partial charge in [-0.25, -0.2) is 8.99 Å². The molecular weight excluding hydrogens is 208 g/mol. The van der Waals surface area contributed by atoms with E-state index in [-0.39, 0.29) is 5.41 Å². The standard InChI is InChI=1S/C11H16N2OS/c1-11(2,3)10-6-8-4-5-15(12,14)9(8)7-13-10/h6-7,12H,4-5H2,1-3H3. The summed E-state index contributed by atoms with van der Waals surface area (Å²) in [5.41, 5.74) is 2.08. The fourth-order valence-electron chi connectivity index (χ4n) is 1.75. The zero-order chi connectivity index (χ0) is 11.3. The molecule has 4 heteroatoms. The maximum absolute atomic E-state index is 11.8. The molecule has 1 aliphatic heterocycles. The van der Waals surface area contributed by atoms with Gasteiger partial charge in [-0.15, -0.1) is 0 Å². The summed E-state index contributed by atoms with van der Waals surface area (Å²) in [6.07, 6.45) is 2.39. The van der Waals surface area contributed by atoms with Gasteiger partial charge in [-0.3, -0.25) is 4.98 Å². The summed E-state index contributed by atoms with van der Waals surface area (Å²) in [4.78, 5) is 4.97. The molecule has 15 heavy (non-hydrogen) atoms. The van der Waals surface area contributed by atoms with E-state index in [4.69, 9.17) is 4.78 Å². The van der Waals surface area contributed by atoms with Crippen LogP contribution in [0.2, 0.25) is 0 Å². The fourth-order valence-corrected chi connectivity index (χ4v) is 3.29. The van der Waals surface area contributed by atoms with Crippen LogP contribution in [0.5, 0.6) is 0 Å². The van der Waals surface area contributed by atoms with Crippen LogP contribution in [0.3, 0.4) is 0 Å². The van der Waals surface area contributed by atoms with Gasteiger partial charge in [-0.05, 0) is 18.1 Å². The first kappa shape index (κ1) is 10.6. The zero-order valence-corrected chi connectivity index (χ0v) is 10.1. The van der Waals surface area contributed by atoms with Gasteiger partial charge in [0.2, 0.25) is 0 Å². The molecule has 0 bridgehead atoms. The Hall–Kier alpha value is -0.900. The molecule has 0 saturated carbocycles. The summed E-state index contributed by atoms with van der Waals surface area (Å²) in [6, 6.07) is 2.01.